The lowest BCUT2D eigenvalue weighted by atomic mass is 10.0. The third-order valence-electron chi connectivity index (χ3n) is 4.63. The van der Waals surface area contributed by atoms with Gasteiger partial charge in [0.15, 0.2) is 0 Å². The fourth-order valence-corrected chi connectivity index (χ4v) is 3.26. The van der Waals surface area contributed by atoms with Gasteiger partial charge in [0.05, 0.1) is 0 Å². The molecule has 0 aromatic carbocycles. The molecule has 0 unspecified atom stereocenters. The van der Waals surface area contributed by atoms with E-state index in [-0.39, 0.29) is 11.8 Å². The molecule has 3 saturated heterocycles. The Hall–Kier alpha value is -1.63. The van der Waals surface area contributed by atoms with Gasteiger partial charge in [0.1, 0.15) is 6.04 Å². The van der Waals surface area contributed by atoms with Crippen molar-refractivity contribution in [2.24, 2.45) is 0 Å². The Kier molecular flexibility index (Phi) is 4.10. The molecule has 0 aromatic rings. The second kappa shape index (κ2) is 6.01. The normalized spacial score (nSPS) is 27.2. The van der Waals surface area contributed by atoms with Crippen LogP contribution in [-0.4, -0.2) is 65.9 Å². The highest BCUT2D eigenvalue weighted by Crippen LogP contribution is 2.21. The number of urea groups is 1. The van der Waals surface area contributed by atoms with Gasteiger partial charge in [-0.1, -0.05) is 6.42 Å². The van der Waals surface area contributed by atoms with Crippen LogP contribution in [0.25, 0.3) is 0 Å². The lowest BCUT2D eigenvalue weighted by Gasteiger charge is -2.46. The molecule has 0 aliphatic carbocycles. The van der Waals surface area contributed by atoms with Gasteiger partial charge < -0.3 is 10.2 Å². The molecule has 3 heterocycles. The van der Waals surface area contributed by atoms with Gasteiger partial charge in [-0.3, -0.25) is 19.8 Å². The predicted octanol–water partition coefficient (Wildman–Crippen LogP) is -0.329. The Labute approximate surface area is 124 Å². The van der Waals surface area contributed by atoms with Crippen molar-refractivity contribution in [2.75, 3.05) is 26.2 Å². The molecule has 21 heavy (non-hydrogen) atoms. The Morgan fingerprint density at radius 1 is 1.14 bits per heavy atom. The summed E-state index contributed by atoms with van der Waals surface area (Å²) >= 11 is 0. The molecule has 116 valence electrons. The summed E-state index contributed by atoms with van der Waals surface area (Å²) in [6, 6.07) is -0.504. The largest absolute Gasteiger partial charge is 0.339 e. The third kappa shape index (κ3) is 3.18. The number of hydrogen-bond donors (Lipinski definition) is 2. The van der Waals surface area contributed by atoms with E-state index in [0.29, 0.717) is 18.9 Å². The zero-order chi connectivity index (χ0) is 14.8. The molecule has 0 saturated carbocycles. The van der Waals surface area contributed by atoms with Crippen LogP contribution in [0.4, 0.5) is 4.79 Å². The lowest BCUT2D eigenvalue weighted by Crippen LogP contribution is -2.61. The number of hydrogen-bond acceptors (Lipinski definition) is 4. The maximum absolute atomic E-state index is 12.1. The van der Waals surface area contributed by atoms with Crippen LogP contribution in [-0.2, 0) is 9.59 Å². The fourth-order valence-electron chi connectivity index (χ4n) is 3.26. The first-order valence-corrected chi connectivity index (χ1v) is 7.76. The SMILES string of the molecule is O=C1NC(=O)[C@H](CCC(=O)N2CC(N3CCCCC3)C2)N1. The van der Waals surface area contributed by atoms with E-state index < -0.39 is 12.1 Å². The smallest absolute Gasteiger partial charge is 0.322 e. The van der Waals surface area contributed by atoms with E-state index in [2.05, 4.69) is 15.5 Å². The molecule has 7 heteroatoms. The van der Waals surface area contributed by atoms with Gasteiger partial charge in [-0.05, 0) is 32.4 Å². The lowest BCUT2D eigenvalue weighted by molar-refractivity contribution is -0.139. The molecule has 3 aliphatic rings. The van der Waals surface area contributed by atoms with Crippen molar-refractivity contribution in [2.45, 2.75) is 44.2 Å². The Balaban J connectivity index is 1.37. The van der Waals surface area contributed by atoms with Crippen molar-refractivity contribution < 1.29 is 14.4 Å². The Bertz CT molecular complexity index is 442. The first-order chi connectivity index (χ1) is 10.1. The average molecular weight is 294 g/mol. The molecule has 0 bridgehead atoms. The molecule has 0 aromatic heterocycles. The molecule has 7 nitrogen and oxygen atoms in total. The number of nitrogens with zero attached hydrogens (tertiary/aromatic N) is 2. The molecule has 0 radical (unpaired) electrons. The van der Waals surface area contributed by atoms with Gasteiger partial charge in [-0.25, -0.2) is 4.79 Å². The zero-order valence-electron chi connectivity index (χ0n) is 12.1. The predicted molar refractivity (Wildman–Crippen MR) is 75.5 cm³/mol. The standard InChI is InChI=1S/C14H22N4O3/c19-12(5-4-11-13(20)16-14(21)15-11)18-8-10(9-18)17-6-2-1-3-7-17/h10-11H,1-9H2,(H2,15,16,20,21)/t11-/m0/s1. The maximum atomic E-state index is 12.1. The summed E-state index contributed by atoms with van der Waals surface area (Å²) in [5.74, 6) is -0.250. The van der Waals surface area contributed by atoms with Crippen molar-refractivity contribution in [3.63, 3.8) is 0 Å². The summed E-state index contributed by atoms with van der Waals surface area (Å²) in [7, 11) is 0. The third-order valence-corrected chi connectivity index (χ3v) is 4.63. The van der Waals surface area contributed by atoms with Crippen molar-refractivity contribution in [3.05, 3.63) is 0 Å². The van der Waals surface area contributed by atoms with Gasteiger partial charge in [0, 0.05) is 25.6 Å². The average Bonchev–Trinajstić information content (AvgIpc) is 2.74. The first-order valence-electron chi connectivity index (χ1n) is 7.76. The fraction of sp³-hybridized carbons (Fsp3) is 0.786. The van der Waals surface area contributed by atoms with Crippen LogP contribution in [0.3, 0.4) is 0 Å². The minimum atomic E-state index is -0.555. The molecule has 3 rings (SSSR count). The molecule has 3 aliphatic heterocycles. The van der Waals surface area contributed by atoms with Crippen LogP contribution >= 0.6 is 0 Å². The topological polar surface area (TPSA) is 81.8 Å². The number of piperidine rings is 1. The molecule has 3 fully saturated rings. The second-order valence-electron chi connectivity index (χ2n) is 6.10. The van der Waals surface area contributed by atoms with Crippen molar-refractivity contribution >= 4 is 17.8 Å². The molecular weight excluding hydrogens is 272 g/mol. The number of nitrogens with one attached hydrogen (secondary N) is 2. The van der Waals surface area contributed by atoms with Crippen LogP contribution in [0.2, 0.25) is 0 Å². The summed E-state index contributed by atoms with van der Waals surface area (Å²) in [5.41, 5.74) is 0. The van der Waals surface area contributed by atoms with Crippen molar-refractivity contribution in [3.8, 4) is 0 Å². The van der Waals surface area contributed by atoms with E-state index in [1.165, 1.54) is 19.3 Å². The van der Waals surface area contributed by atoms with Crippen LogP contribution in [0.5, 0.6) is 0 Å². The maximum Gasteiger partial charge on any atom is 0.322 e. The van der Waals surface area contributed by atoms with E-state index in [1.54, 1.807) is 0 Å². The van der Waals surface area contributed by atoms with Gasteiger partial charge in [-0.2, -0.15) is 0 Å². The van der Waals surface area contributed by atoms with Crippen LogP contribution in [0, 0.1) is 0 Å². The highest BCUT2D eigenvalue weighted by Gasteiger charge is 2.36. The van der Waals surface area contributed by atoms with E-state index in [1.807, 2.05) is 4.90 Å². The minimum absolute atomic E-state index is 0.0807. The van der Waals surface area contributed by atoms with Gasteiger partial charge >= 0.3 is 6.03 Å². The molecular formula is C14H22N4O3. The number of rotatable bonds is 4. The van der Waals surface area contributed by atoms with Crippen LogP contribution in [0.1, 0.15) is 32.1 Å². The Morgan fingerprint density at radius 2 is 1.86 bits per heavy atom. The van der Waals surface area contributed by atoms with Gasteiger partial charge in [-0.15, -0.1) is 0 Å². The summed E-state index contributed by atoms with van der Waals surface area (Å²) in [6.45, 7) is 3.92. The molecule has 4 amide bonds. The molecule has 2 N–H and O–H groups in total. The molecule has 0 spiro atoms. The van der Waals surface area contributed by atoms with Crippen LogP contribution < -0.4 is 10.6 Å². The van der Waals surface area contributed by atoms with Crippen molar-refractivity contribution in [1.82, 2.24) is 20.4 Å². The monoisotopic (exact) mass is 294 g/mol. The summed E-state index contributed by atoms with van der Waals surface area (Å²) in [6.07, 6.45) is 4.54. The van der Waals surface area contributed by atoms with Crippen molar-refractivity contribution in [1.29, 1.82) is 0 Å². The van der Waals surface area contributed by atoms with Gasteiger partial charge in [0.2, 0.25) is 5.91 Å². The van der Waals surface area contributed by atoms with Gasteiger partial charge in [0.25, 0.3) is 5.91 Å². The summed E-state index contributed by atoms with van der Waals surface area (Å²) < 4.78 is 0. The first kappa shape index (κ1) is 14.3. The highest BCUT2D eigenvalue weighted by molar-refractivity contribution is 6.04. The number of imide groups is 1. The zero-order valence-corrected chi connectivity index (χ0v) is 12.1. The number of likely N-dealkylation sites (tertiary alicyclic amines) is 2. The number of carbonyl (C=O) groups is 3. The quantitative estimate of drug-likeness (QED) is 0.696. The minimum Gasteiger partial charge on any atom is -0.339 e. The number of carbonyl (C=O) groups excluding carboxylic acids is 3. The van der Waals surface area contributed by atoms with E-state index >= 15 is 0 Å². The van der Waals surface area contributed by atoms with E-state index in [0.717, 1.165) is 26.2 Å². The van der Waals surface area contributed by atoms with Crippen LogP contribution in [0.15, 0.2) is 0 Å². The number of amides is 4. The molecule has 1 atom stereocenters. The Morgan fingerprint density at radius 3 is 2.48 bits per heavy atom. The summed E-state index contributed by atoms with van der Waals surface area (Å²) in [4.78, 5) is 38.8. The van der Waals surface area contributed by atoms with E-state index in [9.17, 15) is 14.4 Å². The van der Waals surface area contributed by atoms with E-state index in [4.69, 9.17) is 0 Å². The second-order valence-corrected chi connectivity index (χ2v) is 6.10. The summed E-state index contributed by atoms with van der Waals surface area (Å²) in [5, 5.41) is 4.69. The highest BCUT2D eigenvalue weighted by atomic mass is 16.2.